The Balaban J connectivity index is 3.26. The SMILES string of the molecule is O=Cc1c(OC(F)(F)F)cnc(C(F)F)c1I. The van der Waals surface area contributed by atoms with Crippen molar-refractivity contribution in [2.24, 2.45) is 0 Å². The number of nitrogens with zero attached hydrogens (tertiary/aromatic N) is 1. The second kappa shape index (κ2) is 5.10. The molecule has 0 saturated heterocycles. The largest absolute Gasteiger partial charge is 0.573 e. The highest BCUT2D eigenvalue weighted by Gasteiger charge is 2.33. The highest BCUT2D eigenvalue weighted by Crippen LogP contribution is 2.32. The topological polar surface area (TPSA) is 39.2 Å². The summed E-state index contributed by atoms with van der Waals surface area (Å²) in [5, 5.41) is 0. The molecule has 1 aromatic rings. The Labute approximate surface area is 105 Å². The number of carbonyl (C=O) groups is 1. The molecule has 0 radical (unpaired) electrons. The number of aldehydes is 1. The minimum absolute atomic E-state index is 0.0103. The number of ether oxygens (including phenoxy) is 1. The van der Waals surface area contributed by atoms with Crippen LogP contribution in [0.4, 0.5) is 22.0 Å². The van der Waals surface area contributed by atoms with Crippen LogP contribution in [-0.4, -0.2) is 17.6 Å². The standard InChI is InChI=1S/C8H3F5INO2/c9-7(10)6-5(14)3(2-16)4(1-15-6)17-8(11,12)13/h1-2,7H. The molecule has 0 aliphatic carbocycles. The maximum absolute atomic E-state index is 12.4. The minimum atomic E-state index is -5.02. The van der Waals surface area contributed by atoms with E-state index in [1.807, 2.05) is 0 Å². The van der Waals surface area contributed by atoms with Gasteiger partial charge in [0.2, 0.25) is 0 Å². The van der Waals surface area contributed by atoms with Crippen molar-refractivity contribution in [3.8, 4) is 5.75 Å². The molecule has 1 heterocycles. The first-order valence-electron chi connectivity index (χ1n) is 3.93. The van der Waals surface area contributed by atoms with Gasteiger partial charge < -0.3 is 4.74 Å². The summed E-state index contributed by atoms with van der Waals surface area (Å²) in [5.74, 6) is -0.902. The molecule has 0 saturated carbocycles. The van der Waals surface area contributed by atoms with Gasteiger partial charge in [0.1, 0.15) is 5.69 Å². The van der Waals surface area contributed by atoms with Crippen LogP contribution >= 0.6 is 22.6 Å². The molecule has 0 spiro atoms. The minimum Gasteiger partial charge on any atom is -0.403 e. The predicted octanol–water partition coefficient (Wildman–Crippen LogP) is 3.33. The van der Waals surface area contributed by atoms with Crippen LogP contribution in [0.5, 0.6) is 5.75 Å². The average Bonchev–Trinajstić information content (AvgIpc) is 2.15. The molecule has 1 aromatic heterocycles. The van der Waals surface area contributed by atoms with Gasteiger partial charge >= 0.3 is 6.36 Å². The number of halogens is 6. The second-order valence-corrected chi connectivity index (χ2v) is 3.78. The van der Waals surface area contributed by atoms with E-state index < -0.39 is 29.8 Å². The van der Waals surface area contributed by atoms with Crippen LogP contribution in [0.25, 0.3) is 0 Å². The molecule has 0 fully saturated rings. The first-order valence-corrected chi connectivity index (χ1v) is 5.01. The monoisotopic (exact) mass is 367 g/mol. The molecule has 0 atom stereocenters. The highest BCUT2D eigenvalue weighted by molar-refractivity contribution is 14.1. The summed E-state index contributed by atoms with van der Waals surface area (Å²) >= 11 is 1.31. The fourth-order valence-electron chi connectivity index (χ4n) is 0.968. The van der Waals surface area contributed by atoms with Gasteiger partial charge in [-0.05, 0) is 22.6 Å². The molecule has 0 unspecified atom stereocenters. The van der Waals surface area contributed by atoms with Crippen molar-refractivity contribution in [1.29, 1.82) is 0 Å². The number of carbonyl (C=O) groups excluding carboxylic acids is 1. The zero-order valence-corrected chi connectivity index (χ0v) is 9.92. The second-order valence-electron chi connectivity index (χ2n) is 2.70. The maximum Gasteiger partial charge on any atom is 0.573 e. The van der Waals surface area contributed by atoms with Gasteiger partial charge in [0.05, 0.1) is 15.3 Å². The number of hydrogen-bond donors (Lipinski definition) is 0. The van der Waals surface area contributed by atoms with Crippen molar-refractivity contribution in [3.05, 3.63) is 21.0 Å². The molecule has 94 valence electrons. The number of aromatic nitrogens is 1. The Morgan fingerprint density at radius 2 is 2.00 bits per heavy atom. The van der Waals surface area contributed by atoms with Gasteiger partial charge in [-0.25, -0.2) is 8.78 Å². The quantitative estimate of drug-likeness (QED) is 0.468. The third kappa shape index (κ3) is 3.48. The molecule has 0 aliphatic heterocycles. The predicted molar refractivity (Wildman–Crippen MR) is 54.0 cm³/mol. The normalized spacial score (nSPS) is 11.7. The van der Waals surface area contributed by atoms with Crippen LogP contribution in [0, 0.1) is 3.57 Å². The summed E-state index contributed by atoms with van der Waals surface area (Å²) in [7, 11) is 0. The van der Waals surface area contributed by atoms with Crippen molar-refractivity contribution in [1.82, 2.24) is 4.98 Å². The van der Waals surface area contributed by atoms with E-state index in [1.54, 1.807) is 0 Å². The lowest BCUT2D eigenvalue weighted by molar-refractivity contribution is -0.274. The molecule has 0 bridgehead atoms. The highest BCUT2D eigenvalue weighted by atomic mass is 127. The fourth-order valence-corrected chi connectivity index (χ4v) is 1.74. The van der Waals surface area contributed by atoms with E-state index in [-0.39, 0.29) is 9.86 Å². The molecule has 17 heavy (non-hydrogen) atoms. The summed E-state index contributed by atoms with van der Waals surface area (Å²) in [6.07, 6.45) is -7.55. The molecule has 9 heteroatoms. The van der Waals surface area contributed by atoms with Crippen LogP contribution in [0.3, 0.4) is 0 Å². The van der Waals surface area contributed by atoms with Gasteiger partial charge in [-0.15, -0.1) is 13.2 Å². The van der Waals surface area contributed by atoms with Gasteiger partial charge in [-0.1, -0.05) is 0 Å². The summed E-state index contributed by atoms with van der Waals surface area (Å²) in [6.45, 7) is 0. The Hall–Kier alpha value is -1.00. The molecule has 0 amide bonds. The fraction of sp³-hybridized carbons (Fsp3) is 0.250. The van der Waals surface area contributed by atoms with Crippen molar-refractivity contribution in [2.45, 2.75) is 12.8 Å². The summed E-state index contributed by atoms with van der Waals surface area (Å²) in [4.78, 5) is 13.7. The van der Waals surface area contributed by atoms with Gasteiger partial charge in [0.15, 0.2) is 12.0 Å². The van der Waals surface area contributed by atoms with Crippen LogP contribution < -0.4 is 4.74 Å². The van der Waals surface area contributed by atoms with Gasteiger partial charge in [-0.3, -0.25) is 9.78 Å². The van der Waals surface area contributed by atoms with Gasteiger partial charge in [-0.2, -0.15) is 0 Å². The molecule has 0 N–H and O–H groups in total. The van der Waals surface area contributed by atoms with Crippen molar-refractivity contribution in [3.63, 3.8) is 0 Å². The Morgan fingerprint density at radius 3 is 2.41 bits per heavy atom. The van der Waals surface area contributed by atoms with E-state index in [0.29, 0.717) is 6.20 Å². The van der Waals surface area contributed by atoms with Crippen molar-refractivity contribution < 1.29 is 31.5 Å². The number of hydrogen-bond acceptors (Lipinski definition) is 3. The van der Waals surface area contributed by atoms with Crippen LogP contribution in [-0.2, 0) is 0 Å². The van der Waals surface area contributed by atoms with E-state index in [0.717, 1.165) is 0 Å². The van der Waals surface area contributed by atoms with Crippen molar-refractivity contribution in [2.75, 3.05) is 0 Å². The summed E-state index contributed by atoms with van der Waals surface area (Å²) in [5.41, 5.74) is -1.37. The van der Waals surface area contributed by atoms with Gasteiger partial charge in [0, 0.05) is 0 Å². The lowest BCUT2D eigenvalue weighted by Crippen LogP contribution is -2.19. The Morgan fingerprint density at radius 1 is 1.41 bits per heavy atom. The zero-order chi connectivity index (χ0) is 13.2. The number of rotatable bonds is 3. The smallest absolute Gasteiger partial charge is 0.403 e. The first-order chi connectivity index (χ1) is 7.76. The van der Waals surface area contributed by atoms with Crippen molar-refractivity contribution >= 4 is 28.9 Å². The Kier molecular flexibility index (Phi) is 4.22. The number of alkyl halides is 5. The van der Waals surface area contributed by atoms with Gasteiger partial charge in [0.25, 0.3) is 6.43 Å². The summed E-state index contributed by atoms with van der Waals surface area (Å²) < 4.78 is 63.7. The average molecular weight is 367 g/mol. The lowest BCUT2D eigenvalue weighted by atomic mass is 10.2. The van der Waals surface area contributed by atoms with E-state index in [9.17, 15) is 26.7 Å². The van der Waals surface area contributed by atoms with E-state index in [1.165, 1.54) is 22.6 Å². The molecule has 0 aromatic carbocycles. The van der Waals surface area contributed by atoms with E-state index in [2.05, 4.69) is 9.72 Å². The Bertz CT molecular complexity index is 435. The third-order valence-corrected chi connectivity index (χ3v) is 2.73. The molecule has 0 aliphatic rings. The van der Waals surface area contributed by atoms with E-state index in [4.69, 9.17) is 0 Å². The maximum atomic E-state index is 12.4. The molecular weight excluding hydrogens is 364 g/mol. The first kappa shape index (κ1) is 14.1. The van der Waals surface area contributed by atoms with Crippen LogP contribution in [0.2, 0.25) is 0 Å². The zero-order valence-electron chi connectivity index (χ0n) is 7.76. The molecule has 3 nitrogen and oxygen atoms in total. The van der Waals surface area contributed by atoms with E-state index >= 15 is 0 Å². The number of pyridine rings is 1. The lowest BCUT2D eigenvalue weighted by Gasteiger charge is -2.12. The molecule has 1 rings (SSSR count). The third-order valence-electron chi connectivity index (χ3n) is 1.60. The molecular formula is C8H3F5INO2. The summed E-state index contributed by atoms with van der Waals surface area (Å²) in [6, 6.07) is 0. The van der Waals surface area contributed by atoms with Crippen LogP contribution in [0.15, 0.2) is 6.20 Å². The van der Waals surface area contributed by atoms with Crippen LogP contribution in [0.1, 0.15) is 22.5 Å².